The summed E-state index contributed by atoms with van der Waals surface area (Å²) in [7, 11) is 1.61. The lowest BCUT2D eigenvalue weighted by Gasteiger charge is -2.38. The molecule has 2 rings (SSSR count). The summed E-state index contributed by atoms with van der Waals surface area (Å²) in [4.78, 5) is 41.4. The predicted molar refractivity (Wildman–Crippen MR) is 137 cm³/mol. The Hall–Kier alpha value is -2.04. The van der Waals surface area contributed by atoms with Crippen molar-refractivity contribution in [2.24, 2.45) is 0 Å². The van der Waals surface area contributed by atoms with E-state index in [-0.39, 0.29) is 26.1 Å². The molecule has 1 aliphatic rings. The molecule has 11 heteroatoms. The van der Waals surface area contributed by atoms with Gasteiger partial charge in [0, 0.05) is 24.6 Å². The van der Waals surface area contributed by atoms with Crippen molar-refractivity contribution >= 4 is 45.6 Å². The molecule has 1 atom stereocenters. The number of rotatable bonds is 10. The Kier molecular flexibility index (Phi) is 10.9. The third-order valence-electron chi connectivity index (χ3n) is 5.48. The van der Waals surface area contributed by atoms with E-state index in [9.17, 15) is 14.4 Å². The molecule has 1 saturated heterocycles. The standard InChI is InChI=1S/C25H35BrClNO8/c1-7-33-21(29)25(22(30)34-8-2)11-10-19(28(25)23(31)36-24(3,4)5)16-14-20(18(27)15-17(16)26)35-13-9-12-32-6/h14-15,19H,7-13H2,1-6H3/t19-/m1/s1. The van der Waals surface area contributed by atoms with Gasteiger partial charge in [0.1, 0.15) is 11.4 Å². The van der Waals surface area contributed by atoms with Crippen LogP contribution in [0.5, 0.6) is 5.75 Å². The van der Waals surface area contributed by atoms with Crippen molar-refractivity contribution in [1.29, 1.82) is 0 Å². The Bertz CT molecular complexity index is 931. The van der Waals surface area contributed by atoms with Gasteiger partial charge in [0.2, 0.25) is 5.54 Å². The lowest BCUT2D eigenvalue weighted by atomic mass is 9.96. The van der Waals surface area contributed by atoms with E-state index in [2.05, 4.69) is 15.9 Å². The normalized spacial score (nSPS) is 17.0. The molecule has 36 heavy (non-hydrogen) atoms. The van der Waals surface area contributed by atoms with Gasteiger partial charge in [-0.2, -0.15) is 0 Å². The molecule has 1 aliphatic heterocycles. The fourth-order valence-corrected chi connectivity index (χ4v) is 4.99. The van der Waals surface area contributed by atoms with Crippen LogP contribution in [0.4, 0.5) is 4.79 Å². The number of esters is 2. The van der Waals surface area contributed by atoms with Crippen LogP contribution in [-0.4, -0.2) is 67.6 Å². The van der Waals surface area contributed by atoms with Crippen LogP contribution in [0.3, 0.4) is 0 Å². The maximum Gasteiger partial charge on any atom is 0.412 e. The maximum absolute atomic E-state index is 13.6. The summed E-state index contributed by atoms with van der Waals surface area (Å²) in [6, 6.07) is 2.62. The molecule has 9 nitrogen and oxygen atoms in total. The third-order valence-corrected chi connectivity index (χ3v) is 6.46. The minimum atomic E-state index is -2.00. The van der Waals surface area contributed by atoms with Crippen LogP contribution in [0.2, 0.25) is 5.02 Å². The first-order valence-electron chi connectivity index (χ1n) is 11.9. The van der Waals surface area contributed by atoms with Gasteiger partial charge in [-0.15, -0.1) is 0 Å². The molecule has 0 aromatic heterocycles. The van der Waals surface area contributed by atoms with Gasteiger partial charge in [-0.1, -0.05) is 27.5 Å². The first-order chi connectivity index (χ1) is 16.9. The fraction of sp³-hybridized carbons (Fsp3) is 0.640. The number of carbonyl (C=O) groups is 3. The highest BCUT2D eigenvalue weighted by Gasteiger charge is 2.63. The van der Waals surface area contributed by atoms with Gasteiger partial charge >= 0.3 is 18.0 Å². The Morgan fingerprint density at radius 3 is 2.25 bits per heavy atom. The Morgan fingerprint density at radius 1 is 1.11 bits per heavy atom. The lowest BCUT2D eigenvalue weighted by molar-refractivity contribution is -0.173. The molecule has 0 bridgehead atoms. The molecule has 0 saturated carbocycles. The summed E-state index contributed by atoms with van der Waals surface area (Å²) in [6.45, 7) is 9.31. The van der Waals surface area contributed by atoms with Gasteiger partial charge in [0.15, 0.2) is 0 Å². The minimum absolute atomic E-state index is 0.00628. The average molecular weight is 593 g/mol. The second-order valence-electron chi connectivity index (χ2n) is 9.20. The zero-order chi connectivity index (χ0) is 27.1. The van der Waals surface area contributed by atoms with E-state index in [1.165, 1.54) is 0 Å². The van der Waals surface area contributed by atoms with E-state index in [0.29, 0.717) is 40.4 Å². The molecule has 0 aliphatic carbocycles. The summed E-state index contributed by atoms with van der Waals surface area (Å²) >= 11 is 9.93. The zero-order valence-electron chi connectivity index (χ0n) is 21.7. The molecule has 0 spiro atoms. The van der Waals surface area contributed by atoms with Gasteiger partial charge < -0.3 is 23.7 Å². The van der Waals surface area contributed by atoms with Gasteiger partial charge in [-0.25, -0.2) is 14.4 Å². The molecule has 0 radical (unpaired) electrons. The van der Waals surface area contributed by atoms with E-state index >= 15 is 0 Å². The monoisotopic (exact) mass is 591 g/mol. The van der Waals surface area contributed by atoms with E-state index in [1.807, 2.05) is 0 Å². The van der Waals surface area contributed by atoms with Crippen LogP contribution < -0.4 is 4.74 Å². The second-order valence-corrected chi connectivity index (χ2v) is 10.5. The Balaban J connectivity index is 2.62. The molecule has 0 N–H and O–H groups in total. The van der Waals surface area contributed by atoms with Gasteiger partial charge in [0.25, 0.3) is 0 Å². The number of hydrogen-bond acceptors (Lipinski definition) is 8. The molecule has 1 amide bonds. The van der Waals surface area contributed by atoms with E-state index in [4.69, 9.17) is 35.3 Å². The Labute approximate surface area is 225 Å². The zero-order valence-corrected chi connectivity index (χ0v) is 24.0. The van der Waals surface area contributed by atoms with E-state index in [1.54, 1.807) is 53.9 Å². The van der Waals surface area contributed by atoms with Crippen molar-refractivity contribution in [2.75, 3.05) is 33.5 Å². The summed E-state index contributed by atoms with van der Waals surface area (Å²) in [5, 5.41) is 0.368. The molecule has 1 fully saturated rings. The highest BCUT2D eigenvalue weighted by Crippen LogP contribution is 2.48. The third kappa shape index (κ3) is 6.83. The van der Waals surface area contributed by atoms with Crippen LogP contribution >= 0.6 is 27.5 Å². The number of hydrogen-bond donors (Lipinski definition) is 0. The number of likely N-dealkylation sites (tertiary alicyclic amines) is 1. The van der Waals surface area contributed by atoms with Gasteiger partial charge in [-0.05, 0) is 65.2 Å². The summed E-state index contributed by atoms with van der Waals surface area (Å²) in [5.74, 6) is -1.32. The first-order valence-corrected chi connectivity index (χ1v) is 13.1. The summed E-state index contributed by atoms with van der Waals surface area (Å²) in [6.07, 6.45) is 0.0736. The molecule has 1 aromatic rings. The molecule has 202 valence electrons. The van der Waals surface area contributed by atoms with Gasteiger partial charge in [-0.3, -0.25) is 4.90 Å². The maximum atomic E-state index is 13.6. The molecule has 1 aromatic carbocycles. The van der Waals surface area contributed by atoms with Crippen molar-refractivity contribution in [1.82, 2.24) is 4.90 Å². The van der Waals surface area contributed by atoms with Crippen LogP contribution in [0.15, 0.2) is 16.6 Å². The first kappa shape index (κ1) is 30.2. The number of amides is 1. The highest BCUT2D eigenvalue weighted by atomic mass is 79.9. The van der Waals surface area contributed by atoms with Crippen molar-refractivity contribution < 1.29 is 38.1 Å². The summed E-state index contributed by atoms with van der Waals surface area (Å²) in [5.41, 5.74) is -2.29. The van der Waals surface area contributed by atoms with Crippen LogP contribution in [0.1, 0.15) is 65.5 Å². The largest absolute Gasteiger partial charge is 0.492 e. The lowest BCUT2D eigenvalue weighted by Crippen LogP contribution is -2.61. The predicted octanol–water partition coefficient (Wildman–Crippen LogP) is 5.45. The SMILES string of the molecule is CCOC(=O)C1(C(=O)OCC)CC[C@H](c2cc(OCCCOC)c(Cl)cc2Br)N1C(=O)OC(C)(C)C. The summed E-state index contributed by atoms with van der Waals surface area (Å²) < 4.78 is 27.7. The second kappa shape index (κ2) is 13.0. The highest BCUT2D eigenvalue weighted by molar-refractivity contribution is 9.10. The van der Waals surface area contributed by atoms with Crippen molar-refractivity contribution in [3.63, 3.8) is 0 Å². The number of methoxy groups -OCH3 is 1. The van der Waals surface area contributed by atoms with E-state index in [0.717, 1.165) is 4.90 Å². The Morgan fingerprint density at radius 2 is 1.72 bits per heavy atom. The van der Waals surface area contributed by atoms with E-state index < -0.39 is 35.2 Å². The number of halogens is 2. The molecular weight excluding hydrogens is 558 g/mol. The van der Waals surface area contributed by atoms with Crippen LogP contribution in [0.25, 0.3) is 0 Å². The minimum Gasteiger partial charge on any atom is -0.492 e. The quantitative estimate of drug-likeness (QED) is 0.153. The fourth-order valence-electron chi connectivity index (χ4n) is 4.03. The number of ether oxygens (including phenoxy) is 5. The number of nitrogens with zero attached hydrogens (tertiary/aromatic N) is 1. The van der Waals surface area contributed by atoms with Crippen molar-refractivity contribution in [3.05, 3.63) is 27.2 Å². The molecular formula is C25H35BrClNO8. The van der Waals surface area contributed by atoms with Crippen molar-refractivity contribution in [3.8, 4) is 5.75 Å². The molecule has 1 heterocycles. The van der Waals surface area contributed by atoms with Crippen LogP contribution in [0, 0.1) is 0 Å². The molecule has 0 unspecified atom stereocenters. The van der Waals surface area contributed by atoms with Crippen molar-refractivity contribution in [2.45, 2.75) is 71.1 Å². The smallest absolute Gasteiger partial charge is 0.412 e. The number of carbonyl (C=O) groups excluding carboxylic acids is 3. The van der Waals surface area contributed by atoms with Crippen LogP contribution in [-0.2, 0) is 28.5 Å². The van der Waals surface area contributed by atoms with Gasteiger partial charge in [0.05, 0.1) is 30.9 Å². The topological polar surface area (TPSA) is 101 Å². The number of benzene rings is 1. The average Bonchev–Trinajstić information content (AvgIpc) is 3.19.